The highest BCUT2D eigenvalue weighted by Gasteiger charge is 2.42. The fourth-order valence-corrected chi connectivity index (χ4v) is 2.93. The van der Waals surface area contributed by atoms with Crippen LogP contribution in [0.15, 0.2) is 0 Å². The van der Waals surface area contributed by atoms with E-state index in [4.69, 9.17) is 5.73 Å². The fraction of sp³-hybridized carbons (Fsp3) is 0.929. The van der Waals surface area contributed by atoms with E-state index in [1.807, 2.05) is 0 Å². The molecule has 0 aromatic carbocycles. The topological polar surface area (TPSA) is 55.1 Å². The van der Waals surface area contributed by atoms with Crippen LogP contribution in [0.3, 0.4) is 0 Å². The smallest absolute Gasteiger partial charge is 0.223 e. The van der Waals surface area contributed by atoms with Crippen LogP contribution in [0.5, 0.6) is 0 Å². The second-order valence-corrected chi connectivity index (χ2v) is 5.86. The molecule has 2 unspecified atom stereocenters. The van der Waals surface area contributed by atoms with Crippen LogP contribution in [0.2, 0.25) is 0 Å². The molecular weight excluding hydrogens is 212 g/mol. The van der Waals surface area contributed by atoms with Crippen molar-refractivity contribution in [2.75, 3.05) is 0 Å². The molecule has 2 aliphatic rings. The number of unbranched alkanes of at least 4 members (excludes halogenated alkanes) is 1. The van der Waals surface area contributed by atoms with Gasteiger partial charge in [-0.1, -0.05) is 19.8 Å². The largest absolute Gasteiger partial charge is 0.353 e. The molecule has 2 aliphatic carbocycles. The van der Waals surface area contributed by atoms with E-state index in [0.717, 1.165) is 32.1 Å². The van der Waals surface area contributed by atoms with Crippen LogP contribution in [0.4, 0.5) is 0 Å². The molecule has 0 aromatic heterocycles. The molecular formula is C14H26N2O. The minimum absolute atomic E-state index is 0.312. The summed E-state index contributed by atoms with van der Waals surface area (Å²) in [6, 6.07) is 0.760. The van der Waals surface area contributed by atoms with Gasteiger partial charge in [0.15, 0.2) is 0 Å². The van der Waals surface area contributed by atoms with Crippen molar-refractivity contribution in [1.29, 1.82) is 0 Å². The standard InChI is InChI=1S/C14H26N2O/c1-2-3-4-10-9-13(10)14(17)16-12-7-5-11(15)6-8-12/h10-13H,2-9,15H2,1H3,(H,16,17). The highest BCUT2D eigenvalue weighted by atomic mass is 16.2. The van der Waals surface area contributed by atoms with E-state index in [1.54, 1.807) is 0 Å². The molecule has 0 bridgehead atoms. The molecule has 3 nitrogen and oxygen atoms in total. The van der Waals surface area contributed by atoms with E-state index in [-0.39, 0.29) is 0 Å². The highest BCUT2D eigenvalue weighted by molar-refractivity contribution is 5.81. The summed E-state index contributed by atoms with van der Waals surface area (Å²) in [5.41, 5.74) is 5.86. The van der Waals surface area contributed by atoms with Crippen LogP contribution < -0.4 is 11.1 Å². The van der Waals surface area contributed by atoms with Gasteiger partial charge in [0.1, 0.15) is 0 Å². The van der Waals surface area contributed by atoms with Crippen molar-refractivity contribution in [2.45, 2.75) is 70.4 Å². The van der Waals surface area contributed by atoms with Gasteiger partial charge in [-0.05, 0) is 44.4 Å². The Labute approximate surface area is 105 Å². The van der Waals surface area contributed by atoms with Crippen molar-refractivity contribution in [3.05, 3.63) is 0 Å². The quantitative estimate of drug-likeness (QED) is 0.771. The second kappa shape index (κ2) is 5.85. The maximum Gasteiger partial charge on any atom is 0.223 e. The zero-order chi connectivity index (χ0) is 12.3. The molecule has 0 aromatic rings. The van der Waals surface area contributed by atoms with Crippen molar-refractivity contribution in [3.63, 3.8) is 0 Å². The molecule has 2 saturated carbocycles. The molecule has 0 radical (unpaired) electrons. The van der Waals surface area contributed by atoms with Crippen molar-refractivity contribution in [1.82, 2.24) is 5.32 Å². The van der Waals surface area contributed by atoms with E-state index in [0.29, 0.717) is 29.8 Å². The molecule has 2 atom stereocenters. The van der Waals surface area contributed by atoms with Gasteiger partial charge in [-0.15, -0.1) is 0 Å². The van der Waals surface area contributed by atoms with Gasteiger partial charge in [0.25, 0.3) is 0 Å². The van der Waals surface area contributed by atoms with E-state index in [1.165, 1.54) is 19.3 Å². The molecule has 0 saturated heterocycles. The van der Waals surface area contributed by atoms with E-state index >= 15 is 0 Å². The maximum atomic E-state index is 12.0. The number of hydrogen-bond acceptors (Lipinski definition) is 2. The van der Waals surface area contributed by atoms with Crippen LogP contribution in [-0.4, -0.2) is 18.0 Å². The van der Waals surface area contributed by atoms with Gasteiger partial charge in [0.2, 0.25) is 5.91 Å². The first kappa shape index (κ1) is 12.9. The highest BCUT2D eigenvalue weighted by Crippen LogP contribution is 2.42. The molecule has 1 amide bonds. The second-order valence-electron chi connectivity index (χ2n) is 5.86. The summed E-state index contributed by atoms with van der Waals surface area (Å²) < 4.78 is 0. The van der Waals surface area contributed by atoms with Gasteiger partial charge in [0.05, 0.1) is 0 Å². The van der Waals surface area contributed by atoms with E-state index < -0.39 is 0 Å². The Morgan fingerprint density at radius 1 is 1.29 bits per heavy atom. The molecule has 17 heavy (non-hydrogen) atoms. The molecule has 2 fully saturated rings. The van der Waals surface area contributed by atoms with E-state index in [2.05, 4.69) is 12.2 Å². The number of carbonyl (C=O) groups excluding carboxylic acids is 1. The van der Waals surface area contributed by atoms with Crippen molar-refractivity contribution < 1.29 is 4.79 Å². The zero-order valence-electron chi connectivity index (χ0n) is 11.0. The first-order valence-corrected chi connectivity index (χ1v) is 7.26. The SMILES string of the molecule is CCCCC1CC1C(=O)NC1CCC(N)CC1. The van der Waals surface area contributed by atoms with Gasteiger partial charge < -0.3 is 11.1 Å². The molecule has 98 valence electrons. The zero-order valence-corrected chi connectivity index (χ0v) is 11.0. The summed E-state index contributed by atoms with van der Waals surface area (Å²) >= 11 is 0. The first-order valence-electron chi connectivity index (χ1n) is 7.26. The van der Waals surface area contributed by atoms with E-state index in [9.17, 15) is 4.79 Å². The molecule has 0 heterocycles. The summed E-state index contributed by atoms with van der Waals surface area (Å²) in [7, 11) is 0. The summed E-state index contributed by atoms with van der Waals surface area (Å²) in [4.78, 5) is 12.0. The van der Waals surface area contributed by atoms with Gasteiger partial charge in [-0.3, -0.25) is 4.79 Å². The Morgan fingerprint density at radius 3 is 2.65 bits per heavy atom. The molecule has 3 heteroatoms. The Hall–Kier alpha value is -0.570. The average Bonchev–Trinajstić information content (AvgIpc) is 3.09. The van der Waals surface area contributed by atoms with Crippen LogP contribution in [0.25, 0.3) is 0 Å². The van der Waals surface area contributed by atoms with Crippen LogP contribution >= 0.6 is 0 Å². The molecule has 0 spiro atoms. The Bertz CT molecular complexity index is 259. The Kier molecular flexibility index (Phi) is 4.43. The number of nitrogens with one attached hydrogen (secondary N) is 1. The number of amides is 1. The lowest BCUT2D eigenvalue weighted by Crippen LogP contribution is -2.41. The third kappa shape index (κ3) is 3.70. The average molecular weight is 238 g/mol. The van der Waals surface area contributed by atoms with Gasteiger partial charge in [-0.25, -0.2) is 0 Å². The molecule has 0 aliphatic heterocycles. The number of rotatable bonds is 5. The molecule has 3 N–H and O–H groups in total. The summed E-state index contributed by atoms with van der Waals surface area (Å²) in [6.45, 7) is 2.21. The lowest BCUT2D eigenvalue weighted by Gasteiger charge is -2.26. The van der Waals surface area contributed by atoms with Crippen LogP contribution in [-0.2, 0) is 4.79 Å². The molecule has 2 rings (SSSR count). The minimum Gasteiger partial charge on any atom is -0.353 e. The summed E-state index contributed by atoms with van der Waals surface area (Å²) in [5, 5.41) is 3.21. The van der Waals surface area contributed by atoms with Gasteiger partial charge in [-0.2, -0.15) is 0 Å². The Morgan fingerprint density at radius 2 is 2.00 bits per heavy atom. The summed E-state index contributed by atoms with van der Waals surface area (Å²) in [6.07, 6.45) is 9.14. The maximum absolute atomic E-state index is 12.0. The van der Waals surface area contributed by atoms with Crippen LogP contribution in [0.1, 0.15) is 58.3 Å². The fourth-order valence-electron chi connectivity index (χ4n) is 2.93. The lowest BCUT2D eigenvalue weighted by molar-refractivity contribution is -0.123. The first-order chi connectivity index (χ1) is 8.20. The van der Waals surface area contributed by atoms with Crippen molar-refractivity contribution in [3.8, 4) is 0 Å². The predicted molar refractivity (Wildman–Crippen MR) is 69.5 cm³/mol. The van der Waals surface area contributed by atoms with Crippen LogP contribution in [0, 0.1) is 11.8 Å². The van der Waals surface area contributed by atoms with Gasteiger partial charge >= 0.3 is 0 Å². The third-order valence-corrected chi connectivity index (χ3v) is 4.31. The lowest BCUT2D eigenvalue weighted by atomic mass is 9.91. The number of hydrogen-bond donors (Lipinski definition) is 2. The summed E-state index contributed by atoms with van der Waals surface area (Å²) in [5.74, 6) is 1.32. The normalized spacial score (nSPS) is 36.6. The monoisotopic (exact) mass is 238 g/mol. The van der Waals surface area contributed by atoms with Crippen molar-refractivity contribution >= 4 is 5.91 Å². The van der Waals surface area contributed by atoms with Gasteiger partial charge in [0, 0.05) is 18.0 Å². The predicted octanol–water partition coefficient (Wildman–Crippen LogP) is 2.20. The Balaban J connectivity index is 1.65. The number of nitrogens with two attached hydrogens (primary N) is 1. The van der Waals surface area contributed by atoms with Crippen molar-refractivity contribution in [2.24, 2.45) is 17.6 Å². The third-order valence-electron chi connectivity index (χ3n) is 4.31. The number of carbonyl (C=O) groups is 1. The minimum atomic E-state index is 0.312.